The highest BCUT2D eigenvalue weighted by Gasteiger charge is 2.30. The molecule has 0 radical (unpaired) electrons. The molecule has 0 atom stereocenters. The number of carbonyl (C=O) groups is 1. The summed E-state index contributed by atoms with van der Waals surface area (Å²) in [7, 11) is 0. The highest BCUT2D eigenvalue weighted by molar-refractivity contribution is 7.07. The van der Waals surface area contributed by atoms with E-state index < -0.39 is 0 Å². The third-order valence-corrected chi connectivity index (χ3v) is 5.88. The topological polar surface area (TPSA) is 74.2 Å². The molecule has 2 aliphatic heterocycles. The molecule has 3 aliphatic rings. The van der Waals surface area contributed by atoms with Gasteiger partial charge in [0.25, 0.3) is 5.91 Å². The number of fused-ring (bicyclic) bond motifs is 1. The van der Waals surface area contributed by atoms with Crippen molar-refractivity contribution in [1.29, 1.82) is 0 Å². The minimum atomic E-state index is -0.00195. The van der Waals surface area contributed by atoms with Crippen LogP contribution < -0.4 is 10.2 Å². The van der Waals surface area contributed by atoms with Crippen molar-refractivity contribution >= 4 is 29.0 Å². The van der Waals surface area contributed by atoms with Crippen molar-refractivity contribution in [3.05, 3.63) is 27.8 Å². The van der Waals surface area contributed by atoms with Crippen LogP contribution in [0, 0.1) is 0 Å². The van der Waals surface area contributed by atoms with Crippen LogP contribution in [0.15, 0.2) is 10.9 Å². The van der Waals surface area contributed by atoms with Gasteiger partial charge in [-0.2, -0.15) is 4.98 Å². The molecule has 1 saturated carbocycles. The van der Waals surface area contributed by atoms with Crippen LogP contribution in [0.5, 0.6) is 0 Å². The Balaban J connectivity index is 1.45. The van der Waals surface area contributed by atoms with E-state index in [9.17, 15) is 4.79 Å². The molecule has 8 heteroatoms. The first-order chi connectivity index (χ1) is 12.8. The number of aromatic nitrogens is 3. The van der Waals surface area contributed by atoms with Crippen molar-refractivity contribution in [3.8, 4) is 0 Å². The van der Waals surface area contributed by atoms with Crippen molar-refractivity contribution in [3.63, 3.8) is 0 Å². The van der Waals surface area contributed by atoms with Gasteiger partial charge in [-0.15, -0.1) is 11.3 Å². The van der Waals surface area contributed by atoms with Gasteiger partial charge in [0, 0.05) is 43.0 Å². The van der Waals surface area contributed by atoms with E-state index in [1.165, 1.54) is 37.0 Å². The number of rotatable bonds is 4. The number of nitrogens with zero attached hydrogens (tertiary/aromatic N) is 5. The Labute approximate surface area is 156 Å². The minimum absolute atomic E-state index is 0.00195. The average molecular weight is 370 g/mol. The fourth-order valence-electron chi connectivity index (χ4n) is 3.65. The van der Waals surface area contributed by atoms with Crippen molar-refractivity contribution in [2.24, 2.45) is 0 Å². The first-order valence-corrected chi connectivity index (χ1v) is 10.3. The maximum Gasteiger partial charge on any atom is 0.273 e. The number of anilines is 2. The second-order valence-corrected chi connectivity index (χ2v) is 7.98. The van der Waals surface area contributed by atoms with Crippen LogP contribution >= 0.6 is 11.3 Å². The van der Waals surface area contributed by atoms with Gasteiger partial charge in [0.1, 0.15) is 11.5 Å². The van der Waals surface area contributed by atoms with Gasteiger partial charge in [0.15, 0.2) is 0 Å². The summed E-state index contributed by atoms with van der Waals surface area (Å²) in [4.78, 5) is 30.7. The van der Waals surface area contributed by atoms with Gasteiger partial charge in [-0.25, -0.2) is 9.97 Å². The summed E-state index contributed by atoms with van der Waals surface area (Å²) in [5, 5.41) is 5.39. The Morgan fingerprint density at radius 1 is 1.19 bits per heavy atom. The third kappa shape index (κ3) is 3.02. The zero-order chi connectivity index (χ0) is 17.5. The standard InChI is InChI=1S/C18H22N6OS/c25-17(15-10-26-11-19-15)24-8-5-14-13(9-24)16(20-12-3-4-12)22-18(21-14)23-6-1-2-7-23/h10-12H,1-9H2,(H,20,21,22). The van der Waals surface area contributed by atoms with E-state index in [-0.39, 0.29) is 5.91 Å². The lowest BCUT2D eigenvalue weighted by Crippen LogP contribution is -2.37. The number of nitrogens with one attached hydrogen (secondary N) is 1. The normalized spacial score (nSPS) is 19.5. The predicted octanol–water partition coefficient (Wildman–Crippen LogP) is 2.31. The van der Waals surface area contributed by atoms with Crippen molar-refractivity contribution < 1.29 is 4.79 Å². The average Bonchev–Trinajstić information content (AvgIpc) is 3.14. The monoisotopic (exact) mass is 370 g/mol. The second-order valence-electron chi connectivity index (χ2n) is 7.26. The number of hydrogen-bond acceptors (Lipinski definition) is 7. The van der Waals surface area contributed by atoms with Crippen LogP contribution in [0.25, 0.3) is 0 Å². The SMILES string of the molecule is O=C(c1cscn1)N1CCc2nc(N3CCCC3)nc(NC3CC3)c2C1. The molecule has 0 bridgehead atoms. The predicted molar refractivity (Wildman–Crippen MR) is 101 cm³/mol. The molecule has 1 N–H and O–H groups in total. The quantitative estimate of drug-likeness (QED) is 0.890. The molecule has 7 nitrogen and oxygen atoms in total. The molecular formula is C18H22N6OS. The highest BCUT2D eigenvalue weighted by atomic mass is 32.1. The molecule has 0 unspecified atom stereocenters. The molecule has 136 valence electrons. The summed E-state index contributed by atoms with van der Waals surface area (Å²) in [6, 6.07) is 0.519. The Hall–Kier alpha value is -2.22. The number of carbonyl (C=O) groups excluding carboxylic acids is 1. The molecule has 1 saturated heterocycles. The molecule has 5 rings (SSSR count). The fourth-order valence-corrected chi connectivity index (χ4v) is 4.18. The largest absolute Gasteiger partial charge is 0.367 e. The van der Waals surface area contributed by atoms with Crippen LogP contribution in [0.4, 0.5) is 11.8 Å². The lowest BCUT2D eigenvalue weighted by molar-refractivity contribution is 0.0728. The zero-order valence-electron chi connectivity index (χ0n) is 14.6. The molecule has 2 fully saturated rings. The van der Waals surface area contributed by atoms with Gasteiger partial charge in [-0.1, -0.05) is 0 Å². The van der Waals surface area contributed by atoms with Crippen molar-refractivity contribution in [1.82, 2.24) is 19.9 Å². The second kappa shape index (κ2) is 6.50. The Morgan fingerprint density at radius 2 is 2.04 bits per heavy atom. The first kappa shape index (κ1) is 16.0. The molecule has 2 aromatic heterocycles. The highest BCUT2D eigenvalue weighted by Crippen LogP contribution is 2.32. The fraction of sp³-hybridized carbons (Fsp3) is 0.556. The van der Waals surface area contributed by atoms with Crippen LogP contribution in [0.2, 0.25) is 0 Å². The van der Waals surface area contributed by atoms with E-state index >= 15 is 0 Å². The smallest absolute Gasteiger partial charge is 0.273 e. The van der Waals surface area contributed by atoms with E-state index in [0.29, 0.717) is 24.8 Å². The van der Waals surface area contributed by atoms with Crippen molar-refractivity contribution in [2.75, 3.05) is 29.9 Å². The Bertz CT molecular complexity index is 813. The van der Waals surface area contributed by atoms with Gasteiger partial charge in [0.05, 0.1) is 17.7 Å². The first-order valence-electron chi connectivity index (χ1n) is 9.36. The van der Waals surface area contributed by atoms with Crippen LogP contribution in [0.3, 0.4) is 0 Å². The maximum atomic E-state index is 12.7. The third-order valence-electron chi connectivity index (χ3n) is 5.29. The van der Waals surface area contributed by atoms with Gasteiger partial charge in [-0.05, 0) is 25.7 Å². The molecular weight excluding hydrogens is 348 g/mol. The molecule has 26 heavy (non-hydrogen) atoms. The van der Waals surface area contributed by atoms with E-state index in [1.807, 2.05) is 10.3 Å². The Kier molecular flexibility index (Phi) is 4.00. The molecule has 0 spiro atoms. The molecule has 1 aliphatic carbocycles. The van der Waals surface area contributed by atoms with Crippen LogP contribution in [-0.4, -0.2) is 51.4 Å². The summed E-state index contributed by atoms with van der Waals surface area (Å²) in [6.45, 7) is 3.32. The van der Waals surface area contributed by atoms with E-state index in [1.54, 1.807) is 5.51 Å². The molecule has 1 amide bonds. The molecule has 0 aromatic carbocycles. The lowest BCUT2D eigenvalue weighted by atomic mass is 10.1. The van der Waals surface area contributed by atoms with Gasteiger partial charge >= 0.3 is 0 Å². The van der Waals surface area contributed by atoms with E-state index in [2.05, 4.69) is 15.2 Å². The zero-order valence-corrected chi connectivity index (χ0v) is 15.5. The van der Waals surface area contributed by atoms with Crippen LogP contribution in [0.1, 0.15) is 47.4 Å². The summed E-state index contributed by atoms with van der Waals surface area (Å²) >= 11 is 1.45. The van der Waals surface area contributed by atoms with Crippen LogP contribution in [-0.2, 0) is 13.0 Å². The summed E-state index contributed by atoms with van der Waals surface area (Å²) < 4.78 is 0. The van der Waals surface area contributed by atoms with E-state index in [4.69, 9.17) is 9.97 Å². The maximum absolute atomic E-state index is 12.7. The van der Waals surface area contributed by atoms with Gasteiger partial charge in [0.2, 0.25) is 5.95 Å². The van der Waals surface area contributed by atoms with Gasteiger partial charge in [-0.3, -0.25) is 4.79 Å². The number of thiazole rings is 1. The van der Waals surface area contributed by atoms with E-state index in [0.717, 1.165) is 42.5 Å². The summed E-state index contributed by atoms with van der Waals surface area (Å²) in [5.41, 5.74) is 4.41. The molecule has 4 heterocycles. The lowest BCUT2D eigenvalue weighted by Gasteiger charge is -2.30. The molecule has 2 aromatic rings. The number of amides is 1. The minimum Gasteiger partial charge on any atom is -0.367 e. The summed E-state index contributed by atoms with van der Waals surface area (Å²) in [5.74, 6) is 1.77. The number of hydrogen-bond donors (Lipinski definition) is 1. The Morgan fingerprint density at radius 3 is 2.77 bits per heavy atom. The van der Waals surface area contributed by atoms with Gasteiger partial charge < -0.3 is 15.1 Å². The summed E-state index contributed by atoms with van der Waals surface area (Å²) in [6.07, 6.45) is 5.58. The van der Waals surface area contributed by atoms with Crippen molar-refractivity contribution in [2.45, 2.75) is 44.7 Å².